The van der Waals surface area contributed by atoms with E-state index in [9.17, 15) is 14.0 Å². The monoisotopic (exact) mass is 450 g/mol. The van der Waals surface area contributed by atoms with Gasteiger partial charge in [0.15, 0.2) is 0 Å². The number of hydrogen-bond acceptors (Lipinski definition) is 3. The molecule has 0 saturated carbocycles. The van der Waals surface area contributed by atoms with Crippen LogP contribution in [0.3, 0.4) is 0 Å². The van der Waals surface area contributed by atoms with Gasteiger partial charge in [-0.3, -0.25) is 9.59 Å². The lowest BCUT2D eigenvalue weighted by Crippen LogP contribution is -2.50. The smallest absolute Gasteiger partial charge is 0.242 e. The van der Waals surface area contributed by atoms with E-state index in [2.05, 4.69) is 5.32 Å². The van der Waals surface area contributed by atoms with Gasteiger partial charge in [-0.05, 0) is 44.0 Å². The van der Waals surface area contributed by atoms with Crippen molar-refractivity contribution in [2.45, 2.75) is 51.6 Å². The van der Waals surface area contributed by atoms with Gasteiger partial charge in [-0.25, -0.2) is 4.39 Å². The predicted octanol–water partition coefficient (Wildman–Crippen LogP) is 5.04. The first-order chi connectivity index (χ1) is 14.3. The molecule has 0 aliphatic carbocycles. The Morgan fingerprint density at radius 3 is 2.43 bits per heavy atom. The molecule has 7 heteroatoms. The van der Waals surface area contributed by atoms with Crippen molar-refractivity contribution in [3.63, 3.8) is 0 Å². The van der Waals surface area contributed by atoms with Gasteiger partial charge in [0.1, 0.15) is 11.9 Å². The first-order valence-electron chi connectivity index (χ1n) is 9.97. The summed E-state index contributed by atoms with van der Waals surface area (Å²) in [5, 5.41) is 3.57. The van der Waals surface area contributed by atoms with Crippen molar-refractivity contribution in [1.29, 1.82) is 0 Å². The minimum Gasteiger partial charge on any atom is -0.352 e. The Morgan fingerprint density at radius 1 is 1.13 bits per heavy atom. The summed E-state index contributed by atoms with van der Waals surface area (Å²) >= 11 is 7.35. The molecule has 4 nitrogen and oxygen atoms in total. The fourth-order valence-electron chi connectivity index (χ4n) is 2.78. The van der Waals surface area contributed by atoms with Crippen LogP contribution in [0, 0.1) is 5.82 Å². The van der Waals surface area contributed by atoms with E-state index in [0.717, 1.165) is 12.0 Å². The van der Waals surface area contributed by atoms with Gasteiger partial charge in [0.2, 0.25) is 11.8 Å². The lowest BCUT2D eigenvalue weighted by atomic mass is 10.1. The van der Waals surface area contributed by atoms with Crippen LogP contribution in [-0.4, -0.2) is 34.6 Å². The van der Waals surface area contributed by atoms with Crippen molar-refractivity contribution < 1.29 is 14.0 Å². The van der Waals surface area contributed by atoms with Gasteiger partial charge in [-0.15, -0.1) is 11.8 Å². The SMILES string of the molecule is CC[C@H](C)NC(=O)[C@@H](C)N(Cc1ccccc1F)C(=O)CSCc1ccc(Cl)cc1. The largest absolute Gasteiger partial charge is 0.352 e. The summed E-state index contributed by atoms with van der Waals surface area (Å²) in [6, 6.07) is 13.1. The third-order valence-corrected chi connectivity index (χ3v) is 6.11. The topological polar surface area (TPSA) is 49.4 Å². The molecular weight excluding hydrogens is 423 g/mol. The molecule has 0 fully saturated rings. The Labute approximate surface area is 187 Å². The molecule has 0 aliphatic heterocycles. The third-order valence-electron chi connectivity index (χ3n) is 4.87. The van der Waals surface area contributed by atoms with Crippen molar-refractivity contribution >= 4 is 35.2 Å². The van der Waals surface area contributed by atoms with E-state index < -0.39 is 11.9 Å². The Kier molecular flexibility index (Phi) is 9.66. The molecule has 2 rings (SSSR count). The van der Waals surface area contributed by atoms with Crippen LogP contribution in [0.15, 0.2) is 48.5 Å². The highest BCUT2D eigenvalue weighted by atomic mass is 35.5. The van der Waals surface area contributed by atoms with E-state index in [4.69, 9.17) is 11.6 Å². The van der Waals surface area contributed by atoms with Crippen LogP contribution in [0.2, 0.25) is 5.02 Å². The average molecular weight is 451 g/mol. The number of thioether (sulfide) groups is 1. The highest BCUT2D eigenvalue weighted by molar-refractivity contribution is 7.99. The van der Waals surface area contributed by atoms with Gasteiger partial charge >= 0.3 is 0 Å². The lowest BCUT2D eigenvalue weighted by Gasteiger charge is -2.29. The maximum atomic E-state index is 14.2. The summed E-state index contributed by atoms with van der Waals surface area (Å²) in [4.78, 5) is 27.1. The van der Waals surface area contributed by atoms with Crippen molar-refractivity contribution in [1.82, 2.24) is 10.2 Å². The summed E-state index contributed by atoms with van der Waals surface area (Å²) in [6.07, 6.45) is 0.788. The van der Waals surface area contributed by atoms with E-state index in [0.29, 0.717) is 16.3 Å². The second-order valence-corrected chi connectivity index (χ2v) is 8.65. The van der Waals surface area contributed by atoms with Crippen LogP contribution in [-0.2, 0) is 21.9 Å². The molecule has 2 amide bonds. The van der Waals surface area contributed by atoms with Crippen LogP contribution in [0.4, 0.5) is 4.39 Å². The average Bonchev–Trinajstić information content (AvgIpc) is 2.73. The van der Waals surface area contributed by atoms with E-state index in [-0.39, 0.29) is 30.2 Å². The van der Waals surface area contributed by atoms with Gasteiger partial charge in [0, 0.05) is 28.9 Å². The Bertz CT molecular complexity index is 847. The molecule has 0 radical (unpaired) electrons. The maximum Gasteiger partial charge on any atom is 0.242 e. The van der Waals surface area contributed by atoms with Crippen molar-refractivity contribution in [2.75, 3.05) is 5.75 Å². The normalized spacial score (nSPS) is 12.8. The lowest BCUT2D eigenvalue weighted by molar-refractivity contribution is -0.139. The number of carbonyl (C=O) groups excluding carboxylic acids is 2. The quantitative estimate of drug-likeness (QED) is 0.551. The maximum absolute atomic E-state index is 14.2. The standard InChI is InChI=1S/C23H28ClFN2O2S/c1-4-16(2)26-23(29)17(3)27(13-19-7-5-6-8-21(19)25)22(28)15-30-14-18-9-11-20(24)12-10-18/h5-12,16-17H,4,13-15H2,1-3H3,(H,26,29)/t16-,17+/m0/s1. The number of amides is 2. The van der Waals surface area contributed by atoms with Crippen molar-refractivity contribution in [2.24, 2.45) is 0 Å². The highest BCUT2D eigenvalue weighted by Crippen LogP contribution is 2.18. The second-order valence-electron chi connectivity index (χ2n) is 7.23. The third kappa shape index (κ3) is 7.33. The zero-order chi connectivity index (χ0) is 22.1. The van der Waals surface area contributed by atoms with Crippen LogP contribution < -0.4 is 5.32 Å². The van der Waals surface area contributed by atoms with E-state index in [1.165, 1.54) is 22.7 Å². The number of nitrogens with one attached hydrogen (secondary N) is 1. The second kappa shape index (κ2) is 12.0. The number of carbonyl (C=O) groups is 2. The molecule has 2 atom stereocenters. The molecule has 2 aromatic carbocycles. The molecule has 0 aliphatic rings. The van der Waals surface area contributed by atoms with Gasteiger partial charge < -0.3 is 10.2 Å². The fraction of sp³-hybridized carbons (Fsp3) is 0.391. The summed E-state index contributed by atoms with van der Waals surface area (Å²) in [6.45, 7) is 5.61. The van der Waals surface area contributed by atoms with Gasteiger partial charge in [0.25, 0.3) is 0 Å². The number of rotatable bonds is 10. The Balaban J connectivity index is 2.08. The zero-order valence-electron chi connectivity index (χ0n) is 17.5. The Morgan fingerprint density at radius 2 is 1.80 bits per heavy atom. The van der Waals surface area contributed by atoms with Crippen LogP contribution >= 0.6 is 23.4 Å². The minimum atomic E-state index is -0.706. The molecule has 0 saturated heterocycles. The molecule has 1 N–H and O–H groups in total. The summed E-state index contributed by atoms with van der Waals surface area (Å²) in [5.41, 5.74) is 1.44. The Hall–Kier alpha value is -2.05. The molecule has 0 unspecified atom stereocenters. The zero-order valence-corrected chi connectivity index (χ0v) is 19.1. The molecule has 0 spiro atoms. The summed E-state index contributed by atoms with van der Waals surface area (Å²) < 4.78 is 14.2. The number of hydrogen-bond donors (Lipinski definition) is 1. The molecule has 2 aromatic rings. The summed E-state index contributed by atoms with van der Waals surface area (Å²) in [7, 11) is 0. The van der Waals surface area contributed by atoms with Gasteiger partial charge in [-0.2, -0.15) is 0 Å². The molecular formula is C23H28ClFN2O2S. The molecule has 0 aromatic heterocycles. The number of halogens is 2. The number of benzene rings is 2. The molecule has 162 valence electrons. The predicted molar refractivity (Wildman–Crippen MR) is 122 cm³/mol. The highest BCUT2D eigenvalue weighted by Gasteiger charge is 2.27. The van der Waals surface area contributed by atoms with Crippen molar-refractivity contribution in [3.8, 4) is 0 Å². The van der Waals surface area contributed by atoms with E-state index in [1.807, 2.05) is 38.1 Å². The molecule has 0 heterocycles. The van der Waals surface area contributed by atoms with Crippen LogP contribution in [0.1, 0.15) is 38.3 Å². The van der Waals surface area contributed by atoms with Crippen LogP contribution in [0.25, 0.3) is 0 Å². The van der Waals surface area contributed by atoms with Gasteiger partial charge in [-0.1, -0.05) is 48.9 Å². The van der Waals surface area contributed by atoms with Crippen molar-refractivity contribution in [3.05, 3.63) is 70.5 Å². The van der Waals surface area contributed by atoms with Crippen LogP contribution in [0.5, 0.6) is 0 Å². The van der Waals surface area contributed by atoms with E-state index in [1.54, 1.807) is 25.1 Å². The first kappa shape index (κ1) is 24.2. The number of nitrogens with zero attached hydrogens (tertiary/aromatic N) is 1. The minimum absolute atomic E-state index is 0.00430. The van der Waals surface area contributed by atoms with E-state index >= 15 is 0 Å². The molecule has 30 heavy (non-hydrogen) atoms. The fourth-order valence-corrected chi connectivity index (χ4v) is 3.77. The first-order valence-corrected chi connectivity index (χ1v) is 11.5. The summed E-state index contributed by atoms with van der Waals surface area (Å²) in [5.74, 6) is 0.00136. The van der Waals surface area contributed by atoms with Gasteiger partial charge in [0.05, 0.1) is 5.75 Å². The molecule has 0 bridgehead atoms.